The molecule has 1 aliphatic rings. The van der Waals surface area contributed by atoms with Crippen LogP contribution in [0.4, 0.5) is 36.3 Å². The van der Waals surface area contributed by atoms with E-state index in [2.05, 4.69) is 30.3 Å². The van der Waals surface area contributed by atoms with Gasteiger partial charge in [0.15, 0.2) is 0 Å². The fraction of sp³-hybridized carbons (Fsp3) is 0.294. The minimum Gasteiger partial charge on any atom is -0.394 e. The Morgan fingerprint density at radius 3 is 2.35 bits per heavy atom. The van der Waals surface area contributed by atoms with Crippen LogP contribution in [0.3, 0.4) is 0 Å². The van der Waals surface area contributed by atoms with Crippen molar-refractivity contribution in [3.63, 3.8) is 0 Å². The number of benzene rings is 3. The lowest BCUT2D eigenvalue weighted by Crippen LogP contribution is -2.28. The topological polar surface area (TPSA) is 172 Å². The van der Waals surface area contributed by atoms with Gasteiger partial charge in [0, 0.05) is 35.6 Å². The molecule has 1 heterocycles. The predicted molar refractivity (Wildman–Crippen MR) is 181 cm³/mol. The van der Waals surface area contributed by atoms with Crippen LogP contribution in [0, 0.1) is 0 Å². The summed E-state index contributed by atoms with van der Waals surface area (Å²) >= 11 is 0. The van der Waals surface area contributed by atoms with E-state index in [0.717, 1.165) is 12.1 Å². The Kier molecular flexibility index (Phi) is 10.4. The van der Waals surface area contributed by atoms with Gasteiger partial charge in [-0.2, -0.15) is 18.2 Å². The molecule has 0 saturated heterocycles. The van der Waals surface area contributed by atoms with Crippen LogP contribution in [0.1, 0.15) is 50.7 Å². The van der Waals surface area contributed by atoms with Crippen molar-refractivity contribution >= 4 is 44.9 Å². The number of aliphatic hydroxyl groups is 1. The molecule has 0 bridgehead atoms. The lowest BCUT2D eigenvalue weighted by Gasteiger charge is -2.18. The zero-order valence-corrected chi connectivity index (χ0v) is 27.6. The number of anilines is 4. The van der Waals surface area contributed by atoms with E-state index in [1.807, 2.05) is 6.92 Å². The summed E-state index contributed by atoms with van der Waals surface area (Å²) in [5.74, 6) is -0.276. The summed E-state index contributed by atoms with van der Waals surface area (Å²) in [4.78, 5) is 34.3. The molecule has 5 rings (SSSR count). The number of amides is 2. The highest BCUT2D eigenvalue weighted by Crippen LogP contribution is 2.50. The summed E-state index contributed by atoms with van der Waals surface area (Å²) in [5.41, 5.74) is 0.841. The van der Waals surface area contributed by atoms with Gasteiger partial charge in [-0.15, -0.1) is 4.36 Å². The van der Waals surface area contributed by atoms with Crippen molar-refractivity contribution in [2.24, 2.45) is 9.50 Å². The van der Waals surface area contributed by atoms with Crippen LogP contribution in [0.25, 0.3) is 11.1 Å². The zero-order valence-electron chi connectivity index (χ0n) is 26.8. The highest BCUT2D eigenvalue weighted by molar-refractivity contribution is 7.91. The SMILES string of the molecule is CCCC(=O)N=S(N)(=O)c1ccc(Nc2ncc(-c3ccc(NC(=O)C4(c5cccc(C(F)(F)F)c5)CC4)cc3)c(N[C@H](C)CO)n2)cc1. The van der Waals surface area contributed by atoms with Crippen LogP contribution in [0.15, 0.2) is 88.3 Å². The Balaban J connectivity index is 1.32. The Morgan fingerprint density at radius 2 is 1.73 bits per heavy atom. The highest BCUT2D eigenvalue weighted by atomic mass is 32.2. The molecule has 2 amide bonds. The fourth-order valence-corrected chi connectivity index (χ4v) is 6.14. The quantitative estimate of drug-likeness (QED) is 0.113. The molecule has 1 unspecified atom stereocenters. The molecule has 49 heavy (non-hydrogen) atoms. The summed E-state index contributed by atoms with van der Waals surface area (Å²) in [5, 5.41) is 24.6. The molecular weight excluding hydrogens is 659 g/mol. The maximum Gasteiger partial charge on any atom is 0.416 e. The number of halogens is 3. The van der Waals surface area contributed by atoms with Gasteiger partial charge in [-0.05, 0) is 79.8 Å². The number of alkyl halides is 3. The molecule has 1 fully saturated rings. The van der Waals surface area contributed by atoms with Gasteiger partial charge < -0.3 is 21.1 Å². The maximum atomic E-state index is 13.3. The molecule has 1 aliphatic carbocycles. The molecule has 258 valence electrons. The van der Waals surface area contributed by atoms with Gasteiger partial charge in [0.2, 0.25) is 11.9 Å². The molecule has 3 aromatic carbocycles. The number of hydrogen-bond donors (Lipinski definition) is 5. The fourth-order valence-electron chi connectivity index (χ4n) is 5.12. The number of nitrogens with two attached hydrogens (primary N) is 1. The number of aromatic nitrogens is 2. The van der Waals surface area contributed by atoms with Crippen molar-refractivity contribution in [3.05, 3.63) is 90.1 Å². The van der Waals surface area contributed by atoms with Gasteiger partial charge in [-0.1, -0.05) is 37.3 Å². The second-order valence-electron chi connectivity index (χ2n) is 11.8. The van der Waals surface area contributed by atoms with E-state index in [9.17, 15) is 32.1 Å². The lowest BCUT2D eigenvalue weighted by molar-refractivity contribution is -0.137. The second-order valence-corrected chi connectivity index (χ2v) is 13.6. The van der Waals surface area contributed by atoms with Gasteiger partial charge in [0.05, 0.1) is 22.5 Å². The van der Waals surface area contributed by atoms with E-state index in [-0.39, 0.29) is 35.8 Å². The standard InChI is InChI=1S/C34H36F3N7O4S/c1-3-5-29(46)44-49(38,48)27-14-12-26(13-15-27)42-32-39-19-28(30(43-32)40-21(2)20-45)22-8-10-25(11-9-22)41-31(47)33(16-17-33)23-6-4-7-24(18-23)34(35,36)37/h4,6-15,18-19,21,45H,3,5,16-17,20H2,1-2H3,(H,41,47)(H2,38,44,46,48)(H2,39,40,42,43)/t21-,49?/m1/s1. The normalized spacial score (nSPS) is 15.4. The van der Waals surface area contributed by atoms with Crippen LogP contribution in [0.5, 0.6) is 0 Å². The molecule has 6 N–H and O–H groups in total. The van der Waals surface area contributed by atoms with Crippen molar-refractivity contribution in [2.45, 2.75) is 62.1 Å². The Morgan fingerprint density at radius 1 is 1.06 bits per heavy atom. The molecule has 0 spiro atoms. The number of nitrogens with zero attached hydrogens (tertiary/aromatic N) is 3. The van der Waals surface area contributed by atoms with E-state index in [0.29, 0.717) is 53.1 Å². The average molecular weight is 696 g/mol. The van der Waals surface area contributed by atoms with Gasteiger partial charge in [0.1, 0.15) is 15.7 Å². The minimum absolute atomic E-state index is 0.153. The summed E-state index contributed by atoms with van der Waals surface area (Å²) in [6.45, 7) is 3.41. The maximum absolute atomic E-state index is 13.3. The monoisotopic (exact) mass is 695 g/mol. The second kappa shape index (κ2) is 14.3. The van der Waals surface area contributed by atoms with Crippen molar-refractivity contribution in [3.8, 4) is 11.1 Å². The first-order valence-electron chi connectivity index (χ1n) is 15.5. The zero-order chi connectivity index (χ0) is 35.4. The third-order valence-corrected chi connectivity index (χ3v) is 9.40. The van der Waals surface area contributed by atoms with Crippen LogP contribution in [-0.4, -0.2) is 43.7 Å². The minimum atomic E-state index is -4.50. The van der Waals surface area contributed by atoms with Crippen LogP contribution in [-0.2, 0) is 31.1 Å². The van der Waals surface area contributed by atoms with E-state index in [1.165, 1.54) is 18.2 Å². The lowest BCUT2D eigenvalue weighted by atomic mass is 9.93. The Labute approximate surface area is 281 Å². The van der Waals surface area contributed by atoms with E-state index in [1.54, 1.807) is 55.6 Å². The van der Waals surface area contributed by atoms with Crippen molar-refractivity contribution in [1.82, 2.24) is 9.97 Å². The smallest absolute Gasteiger partial charge is 0.394 e. The predicted octanol–water partition coefficient (Wildman–Crippen LogP) is 6.40. The molecule has 1 aromatic heterocycles. The highest BCUT2D eigenvalue weighted by Gasteiger charge is 2.51. The van der Waals surface area contributed by atoms with Crippen LogP contribution < -0.4 is 21.1 Å². The summed E-state index contributed by atoms with van der Waals surface area (Å²) in [6, 6.07) is 17.6. The Hall–Kier alpha value is -4.86. The van der Waals surface area contributed by atoms with Crippen molar-refractivity contribution < 1.29 is 32.1 Å². The first-order valence-corrected chi connectivity index (χ1v) is 17.1. The molecule has 11 nitrogen and oxygen atoms in total. The van der Waals surface area contributed by atoms with Crippen LogP contribution >= 0.6 is 0 Å². The molecule has 0 radical (unpaired) electrons. The summed E-state index contributed by atoms with van der Waals surface area (Å²) in [6.07, 6.45) is -1.31. The largest absolute Gasteiger partial charge is 0.416 e. The van der Waals surface area contributed by atoms with Crippen molar-refractivity contribution in [2.75, 3.05) is 22.6 Å². The van der Waals surface area contributed by atoms with E-state index >= 15 is 0 Å². The van der Waals surface area contributed by atoms with Gasteiger partial charge in [-0.25, -0.2) is 14.3 Å². The van der Waals surface area contributed by atoms with Gasteiger partial charge in [0.25, 0.3) is 5.91 Å². The van der Waals surface area contributed by atoms with E-state index in [4.69, 9.17) is 5.14 Å². The van der Waals surface area contributed by atoms with E-state index < -0.39 is 33.0 Å². The molecule has 2 atom stereocenters. The molecule has 1 saturated carbocycles. The Bertz CT molecular complexity index is 1960. The third kappa shape index (κ3) is 8.42. The molecule has 0 aliphatic heterocycles. The van der Waals surface area contributed by atoms with Crippen molar-refractivity contribution in [1.29, 1.82) is 0 Å². The molecule has 15 heteroatoms. The number of nitrogens with one attached hydrogen (secondary N) is 3. The number of carbonyl (C=O) groups excluding carboxylic acids is 2. The number of aliphatic hydroxyl groups excluding tert-OH is 1. The van der Waals surface area contributed by atoms with Gasteiger partial charge in [-0.3, -0.25) is 9.59 Å². The van der Waals surface area contributed by atoms with Gasteiger partial charge >= 0.3 is 6.18 Å². The molecule has 4 aromatic rings. The first kappa shape index (κ1) is 35.4. The first-order chi connectivity index (χ1) is 23.2. The third-order valence-electron chi connectivity index (χ3n) is 7.98. The number of carbonyl (C=O) groups is 2. The molecular formula is C34H36F3N7O4S. The summed E-state index contributed by atoms with van der Waals surface area (Å²) < 4.78 is 56.3. The average Bonchev–Trinajstić information content (AvgIpc) is 3.88. The number of hydrogen-bond acceptors (Lipinski definition) is 8. The van der Waals surface area contributed by atoms with Crippen LogP contribution in [0.2, 0.25) is 0 Å². The number of rotatable bonds is 12. The summed E-state index contributed by atoms with van der Waals surface area (Å²) in [7, 11) is -3.39.